The number of carbonyl (C=O) groups excluding carboxylic acids is 1. The van der Waals surface area contributed by atoms with Gasteiger partial charge in [-0.1, -0.05) is 30.3 Å². The molecule has 2 aromatic rings. The summed E-state index contributed by atoms with van der Waals surface area (Å²) in [4.78, 5) is 29.5. The van der Waals surface area contributed by atoms with Crippen LogP contribution in [-0.2, 0) is 20.5 Å². The van der Waals surface area contributed by atoms with E-state index in [0.29, 0.717) is 18.6 Å². The lowest BCUT2D eigenvalue weighted by molar-refractivity contribution is -0.143. The van der Waals surface area contributed by atoms with Crippen molar-refractivity contribution >= 4 is 13.6 Å². The van der Waals surface area contributed by atoms with Gasteiger partial charge in [-0.05, 0) is 49.1 Å². The molecule has 0 spiro atoms. The van der Waals surface area contributed by atoms with Gasteiger partial charge in [-0.2, -0.15) is 0 Å². The van der Waals surface area contributed by atoms with Crippen LogP contribution < -0.4 is 4.74 Å². The molecule has 0 heterocycles. The van der Waals surface area contributed by atoms with Crippen LogP contribution in [0.1, 0.15) is 25.3 Å². The van der Waals surface area contributed by atoms with Gasteiger partial charge in [-0.15, -0.1) is 0 Å². The van der Waals surface area contributed by atoms with E-state index in [1.165, 1.54) is 0 Å². The first kappa shape index (κ1) is 19.2. The molecule has 0 saturated carbocycles. The maximum atomic E-state index is 11.4. The van der Waals surface area contributed by atoms with E-state index in [1.54, 1.807) is 0 Å². The number of para-hydroxylation sites is 1. The summed E-state index contributed by atoms with van der Waals surface area (Å²) in [7, 11) is -4.47. The van der Waals surface area contributed by atoms with E-state index in [9.17, 15) is 19.1 Å². The number of aryl methyl sites for hydroxylation is 1. The Labute approximate surface area is 146 Å². The van der Waals surface area contributed by atoms with Crippen molar-refractivity contribution in [2.24, 2.45) is 0 Å². The van der Waals surface area contributed by atoms with Crippen LogP contribution in [-0.4, -0.2) is 21.6 Å². The Hall–Kier alpha value is -2.14. The zero-order chi connectivity index (χ0) is 18.3. The van der Waals surface area contributed by atoms with Gasteiger partial charge in [0.25, 0.3) is 0 Å². The minimum absolute atomic E-state index is 0.0909. The van der Waals surface area contributed by atoms with Crippen LogP contribution in [0.3, 0.4) is 0 Å². The molecule has 0 saturated heterocycles. The number of benzene rings is 2. The van der Waals surface area contributed by atoms with Gasteiger partial charge >= 0.3 is 13.6 Å². The molecule has 6 nitrogen and oxygen atoms in total. The highest BCUT2D eigenvalue weighted by atomic mass is 31.2. The highest BCUT2D eigenvalue weighted by Crippen LogP contribution is 2.44. The Balaban J connectivity index is 1.93. The third-order valence-corrected chi connectivity index (χ3v) is 4.58. The van der Waals surface area contributed by atoms with Crippen molar-refractivity contribution in [1.82, 2.24) is 0 Å². The van der Waals surface area contributed by atoms with Gasteiger partial charge in [0.05, 0.1) is 0 Å². The molecule has 25 heavy (non-hydrogen) atoms. The lowest BCUT2D eigenvalue weighted by Crippen LogP contribution is -2.16. The Morgan fingerprint density at radius 3 is 2.40 bits per heavy atom. The van der Waals surface area contributed by atoms with Crippen molar-refractivity contribution in [3.63, 3.8) is 0 Å². The fourth-order valence-corrected chi connectivity index (χ4v) is 3.16. The molecule has 1 unspecified atom stereocenters. The van der Waals surface area contributed by atoms with Crippen LogP contribution >= 0.6 is 7.60 Å². The molecule has 134 valence electrons. The van der Waals surface area contributed by atoms with Crippen molar-refractivity contribution in [2.45, 2.75) is 32.0 Å². The zero-order valence-electron chi connectivity index (χ0n) is 13.9. The molecule has 1 atom stereocenters. The zero-order valence-corrected chi connectivity index (χ0v) is 14.8. The van der Waals surface area contributed by atoms with E-state index < -0.39 is 19.4 Å². The first-order chi connectivity index (χ1) is 11.8. The van der Waals surface area contributed by atoms with Crippen LogP contribution in [0, 0.1) is 0 Å². The van der Waals surface area contributed by atoms with E-state index in [0.717, 1.165) is 18.2 Å². The second-order valence-electron chi connectivity index (χ2n) is 5.61. The number of rotatable bonds is 8. The average Bonchev–Trinajstić information content (AvgIpc) is 2.54. The molecule has 0 aliphatic rings. The fraction of sp³-hybridized carbons (Fsp3) is 0.278. The Morgan fingerprint density at radius 2 is 1.76 bits per heavy atom. The fourth-order valence-electron chi connectivity index (χ4n) is 2.36. The molecule has 0 aromatic heterocycles. The molecule has 2 aromatic carbocycles. The Kier molecular flexibility index (Phi) is 6.76. The predicted molar refractivity (Wildman–Crippen MR) is 93.5 cm³/mol. The van der Waals surface area contributed by atoms with Gasteiger partial charge in [-0.25, -0.2) is 0 Å². The van der Waals surface area contributed by atoms with Crippen LogP contribution in [0.5, 0.6) is 11.5 Å². The molecular weight excluding hydrogens is 343 g/mol. The molecule has 2 rings (SSSR count). The first-order valence-electron chi connectivity index (χ1n) is 7.89. The molecule has 0 aliphatic heterocycles. The van der Waals surface area contributed by atoms with E-state index >= 15 is 0 Å². The maximum Gasteiger partial charge on any atom is 0.365 e. The quantitative estimate of drug-likeness (QED) is 0.546. The van der Waals surface area contributed by atoms with Gasteiger partial charge in [0, 0.05) is 6.92 Å². The van der Waals surface area contributed by atoms with Crippen LogP contribution in [0.15, 0.2) is 54.6 Å². The van der Waals surface area contributed by atoms with Crippen molar-refractivity contribution in [2.75, 3.05) is 0 Å². The minimum atomic E-state index is -4.47. The molecule has 0 aliphatic carbocycles. The summed E-state index contributed by atoms with van der Waals surface area (Å²) in [5.41, 5.74) is 0.973. The van der Waals surface area contributed by atoms with Crippen molar-refractivity contribution in [1.29, 1.82) is 0 Å². The van der Waals surface area contributed by atoms with E-state index in [1.807, 2.05) is 54.6 Å². The van der Waals surface area contributed by atoms with Gasteiger partial charge in [-0.3, -0.25) is 9.36 Å². The van der Waals surface area contributed by atoms with Gasteiger partial charge in [0.15, 0.2) is 0 Å². The van der Waals surface area contributed by atoms with Gasteiger partial charge in [0.1, 0.15) is 11.5 Å². The smallest absolute Gasteiger partial charge is 0.365 e. The van der Waals surface area contributed by atoms with Crippen molar-refractivity contribution in [3.8, 4) is 11.5 Å². The van der Waals surface area contributed by atoms with Crippen LogP contribution in [0.4, 0.5) is 0 Å². The second kappa shape index (κ2) is 8.81. The Bertz CT molecular complexity index is 740. The van der Waals surface area contributed by atoms with Crippen LogP contribution in [0.2, 0.25) is 0 Å². The molecular formula is C18H21O6P. The normalized spacial score (nSPS) is 12.4. The predicted octanol–water partition coefficient (Wildman–Crippen LogP) is 3.87. The number of ether oxygens (including phenoxy) is 2. The third kappa shape index (κ3) is 6.70. The monoisotopic (exact) mass is 364 g/mol. The van der Waals surface area contributed by atoms with Gasteiger partial charge < -0.3 is 19.3 Å². The largest absolute Gasteiger partial charge is 0.457 e. The summed E-state index contributed by atoms with van der Waals surface area (Å²) < 4.78 is 21.9. The Morgan fingerprint density at radius 1 is 1.08 bits per heavy atom. The first-order valence-corrected chi connectivity index (χ1v) is 9.57. The van der Waals surface area contributed by atoms with Gasteiger partial charge in [0.2, 0.25) is 5.85 Å². The lowest BCUT2D eigenvalue weighted by Gasteiger charge is -2.18. The molecule has 0 amide bonds. The second-order valence-corrected chi connectivity index (χ2v) is 7.36. The highest BCUT2D eigenvalue weighted by molar-refractivity contribution is 7.52. The van der Waals surface area contributed by atoms with E-state index in [-0.39, 0.29) is 6.42 Å². The van der Waals surface area contributed by atoms with Crippen molar-refractivity contribution < 1.29 is 28.6 Å². The maximum absolute atomic E-state index is 11.4. The molecule has 7 heteroatoms. The highest BCUT2D eigenvalue weighted by Gasteiger charge is 2.31. The molecule has 0 bridgehead atoms. The summed E-state index contributed by atoms with van der Waals surface area (Å²) in [5.74, 6) is -0.674. The third-order valence-electron chi connectivity index (χ3n) is 3.47. The molecule has 0 radical (unpaired) electrons. The number of hydrogen-bond acceptors (Lipinski definition) is 4. The standard InChI is InChI=1S/C18H21O6P/c1-14(19)23-18(25(20,21)22)12-6-8-15-7-5-11-17(13-15)24-16-9-3-2-4-10-16/h2-5,7,9-11,13,18H,6,8,12H2,1H3,(H2,20,21,22). The number of esters is 1. The SMILES string of the molecule is CC(=O)OC(CCCc1cccc(Oc2ccccc2)c1)P(=O)(O)O. The summed E-state index contributed by atoms with van der Waals surface area (Å²) in [6.07, 6.45) is 1.15. The topological polar surface area (TPSA) is 93.1 Å². The lowest BCUT2D eigenvalue weighted by atomic mass is 10.1. The van der Waals surface area contributed by atoms with E-state index in [2.05, 4.69) is 0 Å². The summed E-state index contributed by atoms with van der Waals surface area (Å²) >= 11 is 0. The summed E-state index contributed by atoms with van der Waals surface area (Å²) in [6, 6.07) is 16.9. The van der Waals surface area contributed by atoms with Crippen molar-refractivity contribution in [3.05, 3.63) is 60.2 Å². The average molecular weight is 364 g/mol. The summed E-state index contributed by atoms with van der Waals surface area (Å²) in [5, 5.41) is 0. The van der Waals surface area contributed by atoms with Crippen LogP contribution in [0.25, 0.3) is 0 Å². The number of carbonyl (C=O) groups is 1. The number of hydrogen-bond donors (Lipinski definition) is 2. The molecule has 2 N–H and O–H groups in total. The summed E-state index contributed by atoms with van der Waals surface area (Å²) in [6.45, 7) is 1.13. The minimum Gasteiger partial charge on any atom is -0.457 e. The van der Waals surface area contributed by atoms with E-state index in [4.69, 9.17) is 9.47 Å². The molecule has 0 fully saturated rings.